The van der Waals surface area contributed by atoms with E-state index in [-0.39, 0.29) is 0 Å². The number of hydrogen-bond acceptors (Lipinski definition) is 4. The zero-order chi connectivity index (χ0) is 35.1. The Labute approximate surface area is 311 Å². The van der Waals surface area contributed by atoms with E-state index in [9.17, 15) is 0 Å². The zero-order valence-electron chi connectivity index (χ0n) is 28.6. The van der Waals surface area contributed by atoms with Gasteiger partial charge in [0.05, 0.1) is 22.6 Å². The van der Waals surface area contributed by atoms with Gasteiger partial charge in [-0.25, -0.2) is 15.0 Å². The molecule has 0 aliphatic heterocycles. The van der Waals surface area contributed by atoms with Crippen molar-refractivity contribution in [3.63, 3.8) is 0 Å². The van der Waals surface area contributed by atoms with Gasteiger partial charge in [0, 0.05) is 47.8 Å². The minimum atomic E-state index is 0.685. The first kappa shape index (κ1) is 31.0. The summed E-state index contributed by atoms with van der Waals surface area (Å²) in [4.78, 5) is 15.6. The highest BCUT2D eigenvalue weighted by Crippen LogP contribution is 2.43. The molecule has 0 aliphatic rings. The molecular weight excluding hydrogens is 663 g/mol. The minimum absolute atomic E-state index is 0.685. The molecule has 0 amide bonds. The summed E-state index contributed by atoms with van der Waals surface area (Å²) in [5.74, 6) is 0.685. The van der Waals surface area contributed by atoms with Crippen molar-refractivity contribution in [2.24, 2.45) is 0 Å². The summed E-state index contributed by atoms with van der Waals surface area (Å²) >= 11 is 1.84. The van der Waals surface area contributed by atoms with Crippen molar-refractivity contribution >= 4 is 42.4 Å². The standard InChI is InChI=1S/C49H31N3S/c1-4-12-32(13-5-1)34-20-22-36(23-21-34)43-31-42(35-16-8-3-9-17-35)51-49(52-43)38-26-24-37(25-27-38)47-46-41-18-10-11-19-45(41)53-48(46)40-29-28-39(30-44(40)50-47)33-14-6-2-7-15-33/h1-31H. The smallest absolute Gasteiger partial charge is 0.160 e. The second-order valence-electron chi connectivity index (χ2n) is 13.2. The van der Waals surface area contributed by atoms with Crippen molar-refractivity contribution in [3.05, 3.63) is 188 Å². The highest BCUT2D eigenvalue weighted by Gasteiger charge is 2.18. The van der Waals surface area contributed by atoms with Crippen molar-refractivity contribution in [2.45, 2.75) is 0 Å². The lowest BCUT2D eigenvalue weighted by molar-refractivity contribution is 1.18. The molecule has 3 aromatic heterocycles. The van der Waals surface area contributed by atoms with Gasteiger partial charge in [-0.15, -0.1) is 11.3 Å². The van der Waals surface area contributed by atoms with Crippen LogP contribution in [-0.2, 0) is 0 Å². The number of benzene rings is 7. The van der Waals surface area contributed by atoms with Crippen LogP contribution < -0.4 is 0 Å². The number of pyridine rings is 1. The van der Waals surface area contributed by atoms with E-state index in [2.05, 4.69) is 176 Å². The van der Waals surface area contributed by atoms with Crippen LogP contribution in [0.2, 0.25) is 0 Å². The molecule has 0 fully saturated rings. The van der Waals surface area contributed by atoms with Crippen LogP contribution in [0.15, 0.2) is 188 Å². The number of thiophene rings is 1. The molecule has 0 saturated carbocycles. The second-order valence-corrected chi connectivity index (χ2v) is 14.3. The van der Waals surface area contributed by atoms with E-state index in [0.717, 1.165) is 50.4 Å². The maximum atomic E-state index is 5.40. The first-order valence-corrected chi connectivity index (χ1v) is 18.6. The highest BCUT2D eigenvalue weighted by atomic mass is 32.1. The monoisotopic (exact) mass is 693 g/mol. The molecule has 248 valence electrons. The van der Waals surface area contributed by atoms with E-state index in [0.29, 0.717) is 5.82 Å². The minimum Gasteiger partial charge on any atom is -0.247 e. The van der Waals surface area contributed by atoms with E-state index in [1.54, 1.807) is 0 Å². The van der Waals surface area contributed by atoms with E-state index >= 15 is 0 Å². The van der Waals surface area contributed by atoms with Crippen molar-refractivity contribution in [3.8, 4) is 67.4 Å². The summed E-state index contributed by atoms with van der Waals surface area (Å²) in [6.45, 7) is 0. The summed E-state index contributed by atoms with van der Waals surface area (Å²) in [6.07, 6.45) is 0. The lowest BCUT2D eigenvalue weighted by atomic mass is 9.99. The molecule has 53 heavy (non-hydrogen) atoms. The highest BCUT2D eigenvalue weighted by molar-refractivity contribution is 7.26. The van der Waals surface area contributed by atoms with Gasteiger partial charge in [0.2, 0.25) is 0 Å². The molecule has 0 spiro atoms. The van der Waals surface area contributed by atoms with Crippen LogP contribution in [0.5, 0.6) is 0 Å². The Kier molecular flexibility index (Phi) is 7.67. The van der Waals surface area contributed by atoms with Crippen LogP contribution >= 0.6 is 11.3 Å². The third kappa shape index (κ3) is 5.76. The summed E-state index contributed by atoms with van der Waals surface area (Å²) in [6, 6.07) is 66.0. The van der Waals surface area contributed by atoms with Crippen LogP contribution in [0.1, 0.15) is 0 Å². The van der Waals surface area contributed by atoms with Crippen molar-refractivity contribution < 1.29 is 0 Å². The van der Waals surface area contributed by atoms with Gasteiger partial charge in [-0.3, -0.25) is 0 Å². The fraction of sp³-hybridized carbons (Fsp3) is 0. The number of nitrogens with zero attached hydrogens (tertiary/aromatic N) is 3. The number of rotatable bonds is 6. The topological polar surface area (TPSA) is 38.7 Å². The first-order valence-electron chi connectivity index (χ1n) is 17.8. The Hall–Kier alpha value is -6.75. The maximum absolute atomic E-state index is 5.40. The van der Waals surface area contributed by atoms with Gasteiger partial charge < -0.3 is 0 Å². The van der Waals surface area contributed by atoms with Gasteiger partial charge in [0.15, 0.2) is 5.82 Å². The fourth-order valence-electron chi connectivity index (χ4n) is 7.20. The fourth-order valence-corrected chi connectivity index (χ4v) is 8.44. The van der Waals surface area contributed by atoms with Gasteiger partial charge in [0.1, 0.15) is 0 Å². The summed E-state index contributed by atoms with van der Waals surface area (Å²) in [5.41, 5.74) is 12.6. The Morgan fingerprint density at radius 1 is 0.340 bits per heavy atom. The van der Waals surface area contributed by atoms with Gasteiger partial charge >= 0.3 is 0 Å². The van der Waals surface area contributed by atoms with E-state index < -0.39 is 0 Å². The normalized spacial score (nSPS) is 11.4. The third-order valence-corrected chi connectivity index (χ3v) is 11.1. The average Bonchev–Trinajstić information content (AvgIpc) is 3.64. The molecule has 0 aliphatic carbocycles. The predicted molar refractivity (Wildman–Crippen MR) is 223 cm³/mol. The van der Waals surface area contributed by atoms with Gasteiger partial charge in [0.25, 0.3) is 0 Å². The molecule has 4 heteroatoms. The number of hydrogen-bond donors (Lipinski definition) is 0. The van der Waals surface area contributed by atoms with Crippen LogP contribution in [-0.4, -0.2) is 15.0 Å². The second kappa shape index (κ2) is 13.1. The van der Waals surface area contributed by atoms with E-state index in [1.165, 1.54) is 42.2 Å². The van der Waals surface area contributed by atoms with Gasteiger partial charge in [-0.2, -0.15) is 0 Å². The van der Waals surface area contributed by atoms with Gasteiger partial charge in [-0.1, -0.05) is 170 Å². The molecule has 3 nitrogen and oxygen atoms in total. The molecule has 0 unspecified atom stereocenters. The Balaban J connectivity index is 1.09. The number of aromatic nitrogens is 3. The SMILES string of the molecule is c1ccc(-c2ccc(-c3cc(-c4ccccc4)nc(-c4ccc(-c5nc6cc(-c7ccccc7)ccc6c6sc7ccccc7c56)cc4)n3)cc2)cc1. The predicted octanol–water partition coefficient (Wildman–Crippen LogP) is 13.4. The maximum Gasteiger partial charge on any atom is 0.160 e. The average molecular weight is 694 g/mol. The third-order valence-electron chi connectivity index (χ3n) is 9.91. The van der Waals surface area contributed by atoms with Gasteiger partial charge in [-0.05, 0) is 40.5 Å². The zero-order valence-corrected chi connectivity index (χ0v) is 29.5. The summed E-state index contributed by atoms with van der Waals surface area (Å²) < 4.78 is 2.52. The molecule has 0 radical (unpaired) electrons. The summed E-state index contributed by atoms with van der Waals surface area (Å²) in [7, 11) is 0. The molecule has 0 atom stereocenters. The van der Waals surface area contributed by atoms with Crippen LogP contribution in [0.4, 0.5) is 0 Å². The van der Waals surface area contributed by atoms with Crippen LogP contribution in [0, 0.1) is 0 Å². The van der Waals surface area contributed by atoms with Crippen molar-refractivity contribution in [2.75, 3.05) is 0 Å². The number of fused-ring (bicyclic) bond motifs is 5. The molecule has 0 bridgehead atoms. The molecular formula is C49H31N3S. The quantitative estimate of drug-likeness (QED) is 0.174. The van der Waals surface area contributed by atoms with Crippen LogP contribution in [0.3, 0.4) is 0 Å². The summed E-state index contributed by atoms with van der Waals surface area (Å²) in [5, 5.41) is 3.61. The Morgan fingerprint density at radius 2 is 0.830 bits per heavy atom. The lowest BCUT2D eigenvalue weighted by Gasteiger charge is -2.12. The van der Waals surface area contributed by atoms with Crippen LogP contribution in [0.25, 0.3) is 98.5 Å². The Bertz CT molecular complexity index is 2900. The molecule has 0 N–H and O–H groups in total. The largest absolute Gasteiger partial charge is 0.247 e. The van der Waals surface area contributed by atoms with E-state index in [1.807, 2.05) is 23.5 Å². The molecule has 7 aromatic carbocycles. The molecule has 10 aromatic rings. The molecule has 10 rings (SSSR count). The first-order chi connectivity index (χ1) is 26.2. The van der Waals surface area contributed by atoms with Crippen molar-refractivity contribution in [1.82, 2.24) is 15.0 Å². The lowest BCUT2D eigenvalue weighted by Crippen LogP contribution is -1.96. The molecule has 0 saturated heterocycles. The van der Waals surface area contributed by atoms with Crippen molar-refractivity contribution in [1.29, 1.82) is 0 Å². The van der Waals surface area contributed by atoms with E-state index in [4.69, 9.17) is 15.0 Å². The Morgan fingerprint density at radius 3 is 1.51 bits per heavy atom. The molecule has 3 heterocycles.